The topological polar surface area (TPSA) is 43.8 Å². The number of nitrogens with zero attached hydrogens (tertiary/aromatic N) is 2. The molecule has 1 aliphatic carbocycles. The lowest BCUT2D eigenvalue weighted by molar-refractivity contribution is 0.473. The zero-order valence-electron chi connectivity index (χ0n) is 11.4. The monoisotopic (exact) mass is 261 g/mol. The maximum absolute atomic E-state index is 13.9. The van der Waals surface area contributed by atoms with Gasteiger partial charge in [-0.15, -0.1) is 0 Å². The molecular weight excluding hydrogens is 241 g/mol. The summed E-state index contributed by atoms with van der Waals surface area (Å²) >= 11 is 0. The van der Waals surface area contributed by atoms with Gasteiger partial charge >= 0.3 is 0 Å². The van der Waals surface area contributed by atoms with Gasteiger partial charge in [0.15, 0.2) is 5.82 Å². The van der Waals surface area contributed by atoms with Crippen molar-refractivity contribution in [1.82, 2.24) is 9.55 Å². The average Bonchev–Trinajstić information content (AvgIpc) is 3.12. The fourth-order valence-corrected chi connectivity index (χ4v) is 2.46. The molecule has 1 heterocycles. The normalized spacial score (nSPS) is 17.3. The SMILES string of the molecule is CC(C)C(N)Cc1nc2c(F)cccc2n1C1CC1. The minimum atomic E-state index is -0.240. The fourth-order valence-electron chi connectivity index (χ4n) is 2.46. The van der Waals surface area contributed by atoms with Gasteiger partial charge in [-0.3, -0.25) is 0 Å². The van der Waals surface area contributed by atoms with Crippen LogP contribution in [0.25, 0.3) is 11.0 Å². The maximum Gasteiger partial charge on any atom is 0.151 e. The van der Waals surface area contributed by atoms with Crippen LogP contribution in [0.2, 0.25) is 0 Å². The van der Waals surface area contributed by atoms with Crippen molar-refractivity contribution in [2.75, 3.05) is 0 Å². The number of hydrogen-bond acceptors (Lipinski definition) is 2. The van der Waals surface area contributed by atoms with Gasteiger partial charge in [-0.2, -0.15) is 0 Å². The molecule has 1 aromatic heterocycles. The fraction of sp³-hybridized carbons (Fsp3) is 0.533. The van der Waals surface area contributed by atoms with Crippen LogP contribution in [-0.4, -0.2) is 15.6 Å². The van der Waals surface area contributed by atoms with Crippen molar-refractivity contribution in [2.45, 2.75) is 45.2 Å². The number of rotatable bonds is 4. The number of hydrogen-bond donors (Lipinski definition) is 1. The van der Waals surface area contributed by atoms with Crippen LogP contribution >= 0.6 is 0 Å². The van der Waals surface area contributed by atoms with E-state index < -0.39 is 0 Å². The van der Waals surface area contributed by atoms with Gasteiger partial charge in [0.2, 0.25) is 0 Å². The molecule has 0 spiro atoms. The highest BCUT2D eigenvalue weighted by Gasteiger charge is 2.29. The van der Waals surface area contributed by atoms with Gasteiger partial charge in [-0.05, 0) is 30.9 Å². The smallest absolute Gasteiger partial charge is 0.151 e. The molecule has 4 heteroatoms. The van der Waals surface area contributed by atoms with E-state index in [4.69, 9.17) is 5.73 Å². The predicted octanol–water partition coefficient (Wildman–Crippen LogP) is 3.04. The summed E-state index contributed by atoms with van der Waals surface area (Å²) in [6, 6.07) is 5.73. The molecule has 19 heavy (non-hydrogen) atoms. The lowest BCUT2D eigenvalue weighted by atomic mass is 10.0. The summed E-state index contributed by atoms with van der Waals surface area (Å²) in [5.74, 6) is 1.09. The zero-order chi connectivity index (χ0) is 13.6. The first-order chi connectivity index (χ1) is 9.08. The van der Waals surface area contributed by atoms with Crippen LogP contribution in [0.5, 0.6) is 0 Å². The van der Waals surface area contributed by atoms with E-state index >= 15 is 0 Å². The molecule has 3 nitrogen and oxygen atoms in total. The van der Waals surface area contributed by atoms with Gasteiger partial charge in [-0.25, -0.2) is 9.37 Å². The van der Waals surface area contributed by atoms with Gasteiger partial charge in [0.25, 0.3) is 0 Å². The minimum Gasteiger partial charge on any atom is -0.327 e. The van der Waals surface area contributed by atoms with E-state index in [1.807, 2.05) is 6.07 Å². The number of halogens is 1. The summed E-state index contributed by atoms with van der Waals surface area (Å²) in [5.41, 5.74) is 7.55. The highest BCUT2D eigenvalue weighted by Crippen LogP contribution is 2.39. The van der Waals surface area contributed by atoms with Crippen molar-refractivity contribution in [3.05, 3.63) is 29.8 Å². The number of para-hydroxylation sites is 1. The van der Waals surface area contributed by atoms with Gasteiger partial charge < -0.3 is 10.3 Å². The molecule has 1 aromatic carbocycles. The van der Waals surface area contributed by atoms with Crippen LogP contribution < -0.4 is 5.73 Å². The van der Waals surface area contributed by atoms with Crippen molar-refractivity contribution in [3.63, 3.8) is 0 Å². The molecule has 1 saturated carbocycles. The Morgan fingerprint density at radius 1 is 1.42 bits per heavy atom. The standard InChI is InChI=1S/C15H20FN3/c1-9(2)12(17)8-14-18-15-11(16)4-3-5-13(15)19(14)10-6-7-10/h3-5,9-10,12H,6-8,17H2,1-2H3. The van der Waals surface area contributed by atoms with Gasteiger partial charge in [-0.1, -0.05) is 19.9 Å². The van der Waals surface area contributed by atoms with E-state index in [0.717, 1.165) is 24.2 Å². The van der Waals surface area contributed by atoms with Crippen molar-refractivity contribution in [1.29, 1.82) is 0 Å². The molecule has 0 radical (unpaired) electrons. The van der Waals surface area contributed by atoms with E-state index in [1.165, 1.54) is 6.07 Å². The first-order valence-electron chi connectivity index (χ1n) is 6.99. The third-order valence-electron chi connectivity index (χ3n) is 3.93. The van der Waals surface area contributed by atoms with E-state index in [2.05, 4.69) is 23.4 Å². The summed E-state index contributed by atoms with van der Waals surface area (Å²) in [6.07, 6.45) is 3.03. The number of nitrogens with two attached hydrogens (primary N) is 1. The molecule has 1 aliphatic rings. The molecule has 2 aromatic rings. The Morgan fingerprint density at radius 2 is 2.16 bits per heavy atom. The van der Waals surface area contributed by atoms with Gasteiger partial charge in [0, 0.05) is 18.5 Å². The van der Waals surface area contributed by atoms with E-state index in [-0.39, 0.29) is 11.9 Å². The Bertz CT molecular complexity index is 599. The second-order valence-corrected chi connectivity index (χ2v) is 5.85. The quantitative estimate of drug-likeness (QED) is 0.919. The number of aromatic nitrogens is 2. The summed E-state index contributed by atoms with van der Waals surface area (Å²) in [4.78, 5) is 4.50. The Morgan fingerprint density at radius 3 is 2.79 bits per heavy atom. The van der Waals surface area contributed by atoms with E-state index in [1.54, 1.807) is 6.07 Å². The Labute approximate surface area is 112 Å². The Balaban J connectivity index is 2.07. The second kappa shape index (κ2) is 4.60. The Hall–Kier alpha value is -1.42. The van der Waals surface area contributed by atoms with Crippen LogP contribution in [0.15, 0.2) is 18.2 Å². The van der Waals surface area contributed by atoms with Crippen LogP contribution in [0, 0.1) is 11.7 Å². The van der Waals surface area contributed by atoms with Crippen molar-refractivity contribution in [3.8, 4) is 0 Å². The number of fused-ring (bicyclic) bond motifs is 1. The van der Waals surface area contributed by atoms with Crippen LogP contribution in [0.1, 0.15) is 38.6 Å². The molecular formula is C15H20FN3. The lowest BCUT2D eigenvalue weighted by Gasteiger charge is -2.16. The number of benzene rings is 1. The molecule has 0 aliphatic heterocycles. The molecule has 1 atom stereocenters. The molecule has 3 rings (SSSR count). The predicted molar refractivity (Wildman–Crippen MR) is 74.5 cm³/mol. The van der Waals surface area contributed by atoms with Gasteiger partial charge in [0.05, 0.1) is 5.52 Å². The Kier molecular flexibility index (Phi) is 3.05. The summed E-state index contributed by atoms with van der Waals surface area (Å²) in [6.45, 7) is 4.21. The third-order valence-corrected chi connectivity index (χ3v) is 3.93. The van der Waals surface area contributed by atoms with Gasteiger partial charge in [0.1, 0.15) is 11.3 Å². The molecule has 1 unspecified atom stereocenters. The average molecular weight is 261 g/mol. The number of imidazole rings is 1. The van der Waals surface area contributed by atoms with Crippen LogP contribution in [-0.2, 0) is 6.42 Å². The first kappa shape index (κ1) is 12.6. The van der Waals surface area contributed by atoms with Crippen molar-refractivity contribution in [2.24, 2.45) is 11.7 Å². The largest absolute Gasteiger partial charge is 0.327 e. The molecule has 0 saturated heterocycles. The minimum absolute atomic E-state index is 0.0670. The summed E-state index contributed by atoms with van der Waals surface area (Å²) in [7, 11) is 0. The van der Waals surface area contributed by atoms with E-state index in [9.17, 15) is 4.39 Å². The summed E-state index contributed by atoms with van der Waals surface area (Å²) < 4.78 is 16.0. The first-order valence-corrected chi connectivity index (χ1v) is 6.99. The highest BCUT2D eigenvalue weighted by atomic mass is 19.1. The van der Waals surface area contributed by atoms with Crippen molar-refractivity contribution < 1.29 is 4.39 Å². The lowest BCUT2D eigenvalue weighted by Crippen LogP contribution is -2.30. The van der Waals surface area contributed by atoms with E-state index in [0.29, 0.717) is 23.9 Å². The molecule has 0 amide bonds. The maximum atomic E-state index is 13.9. The van der Waals surface area contributed by atoms with Crippen molar-refractivity contribution >= 4 is 11.0 Å². The van der Waals surface area contributed by atoms with Crippen LogP contribution in [0.3, 0.4) is 0 Å². The molecule has 102 valence electrons. The summed E-state index contributed by atoms with van der Waals surface area (Å²) in [5, 5.41) is 0. The second-order valence-electron chi connectivity index (χ2n) is 5.85. The molecule has 2 N–H and O–H groups in total. The zero-order valence-corrected chi connectivity index (χ0v) is 11.4. The molecule has 0 bridgehead atoms. The van der Waals surface area contributed by atoms with Crippen LogP contribution in [0.4, 0.5) is 4.39 Å². The molecule has 1 fully saturated rings. The third kappa shape index (κ3) is 2.25. The highest BCUT2D eigenvalue weighted by molar-refractivity contribution is 5.77.